The number of rotatable bonds is 15. The van der Waals surface area contributed by atoms with Crippen LogP contribution in [0.2, 0.25) is 5.02 Å². The number of imide groups is 1. The minimum absolute atomic E-state index is 0.0195. The zero-order valence-electron chi connectivity index (χ0n) is 38.6. The normalized spacial score (nSPS) is 17.7. The number of anilines is 1. The van der Waals surface area contributed by atoms with Gasteiger partial charge in [0, 0.05) is 77.5 Å². The summed E-state index contributed by atoms with van der Waals surface area (Å²) in [6.07, 6.45) is 2.96. The van der Waals surface area contributed by atoms with Crippen molar-refractivity contribution in [3.05, 3.63) is 98.9 Å². The molecule has 3 aromatic carbocycles. The third-order valence-electron chi connectivity index (χ3n) is 12.5. The molecular weight excluding hydrogens is 969 g/mol. The Morgan fingerprint density at radius 3 is 2.46 bits per heavy atom. The molecule has 3 atom stereocenters. The fourth-order valence-electron chi connectivity index (χ4n) is 8.71. The highest BCUT2D eigenvalue weighted by Gasteiger charge is 2.50. The standard InChI is InChI=1S/C49H52ClF2N6O10PS/c1-48(2,3)42(55-44(62)39-27-30-26-31(14-20-38(30)70-39)49(51,52)69(66,67)68)47(65)57-24-9-13-37(57)46(64)56(33-17-15-32(50)16-18-33)25-22-40(59)53-23-7-5-4-6-10-29-11-8-12-34-35(29)28-58(45(34)63)36-19-21-41(60)54-43(36)61/h8,11-12,14-18,20,26-27,36-37,42H,4-5,7,9,13,19,21-25,28H2,1-3H3,(H,53,59)(H,55,62)(H,54,60,61)(H2,66,67,68)/t36?,37-,42+/m0/s1. The Kier molecular flexibility index (Phi) is 15.6. The van der Waals surface area contributed by atoms with Gasteiger partial charge in [-0.05, 0) is 103 Å². The molecule has 0 bridgehead atoms. The second-order valence-corrected chi connectivity index (χ2v) is 21.6. The van der Waals surface area contributed by atoms with Gasteiger partial charge in [-0.25, -0.2) is 0 Å². The molecule has 0 saturated carbocycles. The van der Waals surface area contributed by atoms with Gasteiger partial charge in [-0.3, -0.25) is 43.4 Å². The number of amides is 7. The summed E-state index contributed by atoms with van der Waals surface area (Å²) in [4.78, 5) is 116. The first kappa shape index (κ1) is 51.8. The van der Waals surface area contributed by atoms with Crippen LogP contribution in [-0.2, 0) is 40.7 Å². The molecule has 0 aliphatic carbocycles. The molecule has 2 fully saturated rings. The molecule has 21 heteroatoms. The summed E-state index contributed by atoms with van der Waals surface area (Å²) >= 11 is 7.14. The average Bonchev–Trinajstić information content (AvgIpc) is 4.05. The molecule has 5 N–H and O–H groups in total. The van der Waals surface area contributed by atoms with Crippen molar-refractivity contribution in [2.45, 2.75) is 102 Å². The van der Waals surface area contributed by atoms with Crippen LogP contribution in [0, 0.1) is 17.3 Å². The van der Waals surface area contributed by atoms with E-state index in [1.165, 1.54) is 26.8 Å². The van der Waals surface area contributed by atoms with Gasteiger partial charge in [-0.1, -0.05) is 56.3 Å². The summed E-state index contributed by atoms with van der Waals surface area (Å²) in [6, 6.07) is 13.3. The zero-order valence-corrected chi connectivity index (χ0v) is 41.0. The summed E-state index contributed by atoms with van der Waals surface area (Å²) in [5, 5.41) is 8.57. The van der Waals surface area contributed by atoms with Crippen LogP contribution < -0.4 is 20.9 Å². The molecule has 3 aliphatic heterocycles. The van der Waals surface area contributed by atoms with Gasteiger partial charge < -0.3 is 35.1 Å². The summed E-state index contributed by atoms with van der Waals surface area (Å²) in [5.41, 5.74) is -3.86. The minimum atomic E-state index is -5.83. The Labute approximate surface area is 411 Å². The summed E-state index contributed by atoms with van der Waals surface area (Å²) in [6.45, 7) is 6.01. The molecule has 4 heterocycles. The number of alkyl halides is 2. The molecule has 16 nitrogen and oxygen atoms in total. The predicted octanol–water partition coefficient (Wildman–Crippen LogP) is 6.44. The average molecular weight is 1020 g/mol. The predicted molar refractivity (Wildman–Crippen MR) is 258 cm³/mol. The lowest BCUT2D eigenvalue weighted by Crippen LogP contribution is -2.58. The Hall–Kier alpha value is -6.03. The van der Waals surface area contributed by atoms with Gasteiger partial charge in [-0.2, -0.15) is 8.78 Å². The quantitative estimate of drug-likeness (QED) is 0.0380. The highest BCUT2D eigenvalue weighted by molar-refractivity contribution is 7.52. The van der Waals surface area contributed by atoms with E-state index in [1.54, 1.807) is 57.2 Å². The van der Waals surface area contributed by atoms with E-state index in [0.717, 1.165) is 29.0 Å². The molecule has 4 aromatic rings. The number of piperidine rings is 1. The maximum atomic E-state index is 14.5. The first-order valence-corrected chi connectivity index (χ1v) is 25.5. The number of carbonyl (C=O) groups is 7. The van der Waals surface area contributed by atoms with E-state index in [2.05, 4.69) is 27.8 Å². The lowest BCUT2D eigenvalue weighted by Gasteiger charge is -2.36. The van der Waals surface area contributed by atoms with Crippen LogP contribution >= 0.6 is 30.5 Å². The van der Waals surface area contributed by atoms with Crippen molar-refractivity contribution in [2.75, 3.05) is 24.5 Å². The molecule has 2 saturated heterocycles. The SMILES string of the molecule is CC(C)(C)[C@H](NC(=O)c1cc2cc(C(F)(F)P(=O)(O)O)ccc2s1)C(=O)N1CCC[C@H]1C(=O)N(CCC(=O)NCCCCC#Cc1cccc2c1CN(C1CCC(=O)NC1=O)C2=O)c1ccc(Cl)cc1. The van der Waals surface area contributed by atoms with Crippen molar-refractivity contribution >= 4 is 87.7 Å². The molecule has 370 valence electrons. The highest BCUT2D eigenvalue weighted by Crippen LogP contribution is 2.59. The molecule has 0 radical (unpaired) electrons. The van der Waals surface area contributed by atoms with Crippen LogP contribution in [0.15, 0.2) is 66.7 Å². The number of carbonyl (C=O) groups excluding carboxylic acids is 7. The Morgan fingerprint density at radius 2 is 1.76 bits per heavy atom. The van der Waals surface area contributed by atoms with Crippen LogP contribution in [0.25, 0.3) is 10.1 Å². The zero-order chi connectivity index (χ0) is 50.7. The molecule has 7 rings (SSSR count). The van der Waals surface area contributed by atoms with E-state index in [0.29, 0.717) is 65.2 Å². The lowest BCUT2D eigenvalue weighted by molar-refractivity contribution is -0.141. The maximum absolute atomic E-state index is 14.5. The van der Waals surface area contributed by atoms with Gasteiger partial charge in [0.05, 0.1) is 4.88 Å². The van der Waals surface area contributed by atoms with Gasteiger partial charge in [0.1, 0.15) is 18.1 Å². The second-order valence-electron chi connectivity index (χ2n) is 18.5. The topological polar surface area (TPSA) is 223 Å². The molecule has 7 amide bonds. The number of nitrogens with one attached hydrogen (secondary N) is 3. The summed E-state index contributed by atoms with van der Waals surface area (Å²) in [7, 11) is -5.83. The number of hydrogen-bond donors (Lipinski definition) is 5. The fourth-order valence-corrected chi connectivity index (χ4v) is 10.3. The Morgan fingerprint density at radius 1 is 1.01 bits per heavy atom. The maximum Gasteiger partial charge on any atom is 0.399 e. The van der Waals surface area contributed by atoms with Gasteiger partial charge in [0.25, 0.3) is 11.8 Å². The summed E-state index contributed by atoms with van der Waals surface area (Å²) < 4.78 is 40.8. The molecule has 1 unspecified atom stereocenters. The minimum Gasteiger partial charge on any atom is -0.356 e. The van der Waals surface area contributed by atoms with Crippen LogP contribution in [0.1, 0.15) is 109 Å². The molecular formula is C49H52ClF2N6O10PS. The van der Waals surface area contributed by atoms with Gasteiger partial charge in [-0.15, -0.1) is 11.3 Å². The first-order valence-electron chi connectivity index (χ1n) is 22.7. The Balaban J connectivity index is 0.943. The second kappa shape index (κ2) is 21.1. The number of fused-ring (bicyclic) bond motifs is 2. The Bertz CT molecular complexity index is 2860. The van der Waals surface area contributed by atoms with Crippen molar-refractivity contribution in [1.82, 2.24) is 25.8 Å². The van der Waals surface area contributed by atoms with Crippen molar-refractivity contribution in [2.24, 2.45) is 5.41 Å². The van der Waals surface area contributed by atoms with E-state index in [1.807, 2.05) is 6.07 Å². The third kappa shape index (κ3) is 11.4. The van der Waals surface area contributed by atoms with Crippen molar-refractivity contribution < 1.29 is 56.7 Å². The fraction of sp³-hybridized carbons (Fsp3) is 0.408. The largest absolute Gasteiger partial charge is 0.399 e. The molecule has 70 heavy (non-hydrogen) atoms. The van der Waals surface area contributed by atoms with E-state index in [9.17, 15) is 56.7 Å². The van der Waals surface area contributed by atoms with E-state index in [-0.39, 0.29) is 66.9 Å². The third-order valence-corrected chi connectivity index (χ3v) is 14.8. The van der Waals surface area contributed by atoms with Crippen LogP contribution in [-0.4, -0.2) is 98.7 Å². The lowest BCUT2D eigenvalue weighted by atomic mass is 9.85. The number of thiophene rings is 1. The van der Waals surface area contributed by atoms with Gasteiger partial charge >= 0.3 is 13.3 Å². The number of halogens is 3. The summed E-state index contributed by atoms with van der Waals surface area (Å²) in [5.74, 6) is 3.25. The highest BCUT2D eigenvalue weighted by atomic mass is 35.5. The van der Waals surface area contributed by atoms with E-state index >= 15 is 0 Å². The van der Waals surface area contributed by atoms with E-state index < -0.39 is 66.0 Å². The van der Waals surface area contributed by atoms with Crippen molar-refractivity contribution in [1.29, 1.82) is 0 Å². The van der Waals surface area contributed by atoms with Gasteiger partial charge in [0.15, 0.2) is 0 Å². The van der Waals surface area contributed by atoms with E-state index in [4.69, 9.17) is 11.6 Å². The number of benzene rings is 3. The monoisotopic (exact) mass is 1020 g/mol. The first-order chi connectivity index (χ1) is 33.0. The molecule has 3 aliphatic rings. The van der Waals surface area contributed by atoms with Crippen LogP contribution in [0.4, 0.5) is 14.5 Å². The number of nitrogens with zero attached hydrogens (tertiary/aromatic N) is 3. The number of unbranched alkanes of at least 4 members (excludes halogenated alkanes) is 2. The molecule has 0 spiro atoms. The van der Waals surface area contributed by atoms with Crippen molar-refractivity contribution in [3.63, 3.8) is 0 Å². The smallest absolute Gasteiger partial charge is 0.356 e. The van der Waals surface area contributed by atoms with Gasteiger partial charge in [0.2, 0.25) is 29.5 Å². The number of likely N-dealkylation sites (tertiary alicyclic amines) is 1. The number of hydrogen-bond acceptors (Lipinski definition) is 9. The van der Waals surface area contributed by atoms with Crippen LogP contribution in [0.3, 0.4) is 0 Å². The molecule has 1 aromatic heterocycles. The van der Waals surface area contributed by atoms with Crippen LogP contribution in [0.5, 0.6) is 0 Å². The van der Waals surface area contributed by atoms with Crippen molar-refractivity contribution in [3.8, 4) is 11.8 Å².